The van der Waals surface area contributed by atoms with Crippen LogP contribution in [0, 0.1) is 13.8 Å². The Hall–Kier alpha value is -3.28. The molecule has 1 aliphatic carbocycles. The van der Waals surface area contributed by atoms with Crippen LogP contribution in [0.1, 0.15) is 39.6 Å². The van der Waals surface area contributed by atoms with Gasteiger partial charge in [0.15, 0.2) is 5.82 Å². The van der Waals surface area contributed by atoms with Gasteiger partial charge in [0.2, 0.25) is 0 Å². The normalized spacial score (nSPS) is 18.6. The van der Waals surface area contributed by atoms with Gasteiger partial charge in [0.05, 0.1) is 11.3 Å². The summed E-state index contributed by atoms with van der Waals surface area (Å²) >= 11 is 0. The number of rotatable bonds is 4. The Balaban J connectivity index is 1.51. The molecule has 2 atom stereocenters. The van der Waals surface area contributed by atoms with E-state index in [1.807, 2.05) is 29.8 Å². The molecule has 1 amide bonds. The summed E-state index contributed by atoms with van der Waals surface area (Å²) < 4.78 is 1.89. The van der Waals surface area contributed by atoms with Crippen molar-refractivity contribution in [1.82, 2.24) is 25.1 Å². The summed E-state index contributed by atoms with van der Waals surface area (Å²) in [6.07, 6.45) is 10.1. The summed E-state index contributed by atoms with van der Waals surface area (Å²) in [6.45, 7) is 4.09. The average Bonchev–Trinajstić information content (AvgIpc) is 3.26. The van der Waals surface area contributed by atoms with Crippen LogP contribution in [0.2, 0.25) is 0 Å². The molecule has 0 radical (unpaired) electrons. The molecule has 1 aliphatic rings. The van der Waals surface area contributed by atoms with Crippen LogP contribution in [0.3, 0.4) is 0 Å². The van der Waals surface area contributed by atoms with Crippen LogP contribution >= 0.6 is 0 Å². The van der Waals surface area contributed by atoms with E-state index in [-0.39, 0.29) is 17.9 Å². The zero-order valence-electron chi connectivity index (χ0n) is 15.3. The molecule has 0 fully saturated rings. The lowest BCUT2D eigenvalue weighted by atomic mass is 9.96. The highest BCUT2D eigenvalue weighted by Gasteiger charge is 2.27. The monoisotopic (exact) mass is 359 g/mol. The van der Waals surface area contributed by atoms with E-state index in [0.29, 0.717) is 5.56 Å². The van der Waals surface area contributed by atoms with Crippen molar-refractivity contribution >= 4 is 5.91 Å². The number of carbonyl (C=O) groups is 1. The third-order valence-electron chi connectivity index (χ3n) is 4.91. The number of hydrogen-bond donors (Lipinski definition) is 1. The van der Waals surface area contributed by atoms with Crippen LogP contribution in [0.15, 0.2) is 61.1 Å². The Morgan fingerprint density at radius 2 is 2.04 bits per heavy atom. The number of aryl methyl sites for hydroxylation is 1. The molecule has 136 valence electrons. The Bertz CT molecular complexity index is 979. The molecular weight excluding hydrogens is 338 g/mol. The van der Waals surface area contributed by atoms with Gasteiger partial charge < -0.3 is 5.32 Å². The SMILES string of the molecule is Cc1nn(-c2ccccn2)c(C)c1C1C=CC(NC(=O)c2cccnc2)C1. The van der Waals surface area contributed by atoms with Crippen LogP contribution in [-0.4, -0.2) is 31.7 Å². The Morgan fingerprint density at radius 1 is 1.15 bits per heavy atom. The lowest BCUT2D eigenvalue weighted by Gasteiger charge is -2.14. The van der Waals surface area contributed by atoms with Gasteiger partial charge >= 0.3 is 0 Å². The lowest BCUT2D eigenvalue weighted by molar-refractivity contribution is 0.0943. The number of pyridine rings is 2. The van der Waals surface area contributed by atoms with Crippen LogP contribution in [-0.2, 0) is 0 Å². The number of allylic oxidation sites excluding steroid dienone is 1. The topological polar surface area (TPSA) is 72.7 Å². The van der Waals surface area contributed by atoms with E-state index in [1.54, 1.807) is 30.7 Å². The van der Waals surface area contributed by atoms with Crippen molar-refractivity contribution < 1.29 is 4.79 Å². The summed E-state index contributed by atoms with van der Waals surface area (Å²) in [5, 5.41) is 7.75. The van der Waals surface area contributed by atoms with Crippen LogP contribution in [0.4, 0.5) is 0 Å². The third-order valence-corrected chi connectivity index (χ3v) is 4.91. The molecule has 0 aromatic carbocycles. The Labute approximate surface area is 158 Å². The summed E-state index contributed by atoms with van der Waals surface area (Å²) in [6, 6.07) is 9.33. The minimum atomic E-state index is -0.101. The van der Waals surface area contributed by atoms with Gasteiger partial charge in [-0.05, 0) is 44.5 Å². The van der Waals surface area contributed by atoms with Gasteiger partial charge in [-0.15, -0.1) is 0 Å². The molecule has 0 saturated heterocycles. The molecule has 3 aromatic rings. The molecule has 3 heterocycles. The quantitative estimate of drug-likeness (QED) is 0.727. The third kappa shape index (κ3) is 3.38. The van der Waals surface area contributed by atoms with Crippen LogP contribution in [0.25, 0.3) is 5.82 Å². The minimum absolute atomic E-state index is 0.000272. The van der Waals surface area contributed by atoms with Gasteiger partial charge in [-0.3, -0.25) is 9.78 Å². The first-order chi connectivity index (χ1) is 13.1. The van der Waals surface area contributed by atoms with E-state index >= 15 is 0 Å². The highest BCUT2D eigenvalue weighted by Crippen LogP contribution is 2.33. The highest BCUT2D eigenvalue weighted by molar-refractivity contribution is 5.94. The van der Waals surface area contributed by atoms with E-state index < -0.39 is 0 Å². The van der Waals surface area contributed by atoms with Crippen molar-refractivity contribution in [3.05, 3.63) is 83.6 Å². The Morgan fingerprint density at radius 3 is 2.78 bits per heavy atom. The zero-order chi connectivity index (χ0) is 18.8. The predicted octanol–water partition coefficient (Wildman–Crippen LogP) is 3.12. The van der Waals surface area contributed by atoms with E-state index in [4.69, 9.17) is 0 Å². The maximum atomic E-state index is 12.4. The maximum absolute atomic E-state index is 12.4. The van der Waals surface area contributed by atoms with Crippen molar-refractivity contribution in [2.75, 3.05) is 0 Å². The number of aromatic nitrogens is 4. The molecule has 4 rings (SSSR count). The summed E-state index contributed by atoms with van der Waals surface area (Å²) in [7, 11) is 0. The van der Waals surface area contributed by atoms with Gasteiger partial charge in [-0.25, -0.2) is 9.67 Å². The molecule has 0 bridgehead atoms. The fraction of sp³-hybridized carbons (Fsp3) is 0.238. The number of carbonyl (C=O) groups excluding carboxylic acids is 1. The molecule has 1 N–H and O–H groups in total. The standard InChI is InChI=1S/C21H21N5O/c1-14-20(15(2)26(25-14)19-7-3-4-11-23-19)16-8-9-18(12-16)24-21(27)17-6-5-10-22-13-17/h3-11,13,16,18H,12H2,1-2H3,(H,24,27). The van der Waals surface area contributed by atoms with Gasteiger partial charge in [0.25, 0.3) is 5.91 Å². The van der Waals surface area contributed by atoms with Gasteiger partial charge in [0.1, 0.15) is 0 Å². The largest absolute Gasteiger partial charge is 0.346 e. The Kier molecular flexibility index (Phi) is 4.54. The molecule has 6 heteroatoms. The smallest absolute Gasteiger partial charge is 0.253 e. The van der Waals surface area contributed by atoms with E-state index in [0.717, 1.165) is 23.6 Å². The van der Waals surface area contributed by atoms with E-state index in [2.05, 4.69) is 39.5 Å². The van der Waals surface area contributed by atoms with Crippen LogP contribution in [0.5, 0.6) is 0 Å². The number of nitrogens with zero attached hydrogens (tertiary/aromatic N) is 4. The molecule has 2 unspecified atom stereocenters. The van der Waals surface area contributed by atoms with E-state index in [9.17, 15) is 4.79 Å². The number of amides is 1. The number of nitrogens with one attached hydrogen (secondary N) is 1. The first-order valence-corrected chi connectivity index (χ1v) is 9.00. The summed E-state index contributed by atoms with van der Waals surface area (Å²) in [5.41, 5.74) is 3.85. The first-order valence-electron chi connectivity index (χ1n) is 9.00. The first kappa shape index (κ1) is 17.1. The predicted molar refractivity (Wildman–Crippen MR) is 103 cm³/mol. The van der Waals surface area contributed by atoms with Gasteiger partial charge in [-0.1, -0.05) is 18.2 Å². The zero-order valence-corrected chi connectivity index (χ0v) is 15.3. The van der Waals surface area contributed by atoms with Crippen molar-refractivity contribution in [2.24, 2.45) is 0 Å². The molecule has 0 aliphatic heterocycles. The van der Waals surface area contributed by atoms with Crippen LogP contribution < -0.4 is 5.32 Å². The van der Waals surface area contributed by atoms with Crippen molar-refractivity contribution in [3.8, 4) is 5.82 Å². The second-order valence-electron chi connectivity index (χ2n) is 6.73. The summed E-state index contributed by atoms with van der Waals surface area (Å²) in [5.74, 6) is 0.936. The molecule has 0 saturated carbocycles. The highest BCUT2D eigenvalue weighted by atomic mass is 16.1. The van der Waals surface area contributed by atoms with E-state index in [1.165, 1.54) is 5.56 Å². The molecule has 0 spiro atoms. The van der Waals surface area contributed by atoms with Crippen molar-refractivity contribution in [2.45, 2.75) is 32.2 Å². The van der Waals surface area contributed by atoms with Gasteiger partial charge in [-0.2, -0.15) is 5.10 Å². The number of hydrogen-bond acceptors (Lipinski definition) is 4. The molecule has 3 aromatic heterocycles. The average molecular weight is 359 g/mol. The molecular formula is C21H21N5O. The lowest BCUT2D eigenvalue weighted by Crippen LogP contribution is -2.32. The van der Waals surface area contributed by atoms with Gasteiger partial charge in [0, 0.05) is 41.8 Å². The maximum Gasteiger partial charge on any atom is 0.253 e. The molecule has 27 heavy (non-hydrogen) atoms. The fourth-order valence-corrected chi connectivity index (χ4v) is 3.66. The second kappa shape index (κ2) is 7.15. The second-order valence-corrected chi connectivity index (χ2v) is 6.73. The fourth-order valence-electron chi connectivity index (χ4n) is 3.66. The minimum Gasteiger partial charge on any atom is -0.346 e. The van der Waals surface area contributed by atoms with Crippen molar-refractivity contribution in [3.63, 3.8) is 0 Å². The summed E-state index contributed by atoms with van der Waals surface area (Å²) in [4.78, 5) is 20.8. The molecule has 6 nitrogen and oxygen atoms in total. The van der Waals surface area contributed by atoms with Crippen molar-refractivity contribution in [1.29, 1.82) is 0 Å².